The smallest absolute Gasteiger partial charge is 0.477 e. The van der Waals surface area contributed by atoms with Crippen LogP contribution in [0.3, 0.4) is 0 Å². The fraction of sp³-hybridized carbons (Fsp3) is 0.118. The van der Waals surface area contributed by atoms with E-state index in [0.29, 0.717) is 9.70 Å². The number of aromatic carboxylic acids is 1. The van der Waals surface area contributed by atoms with Gasteiger partial charge >= 0.3 is 24.0 Å². The molecule has 0 aliphatic carbocycles. The lowest BCUT2D eigenvalue weighted by molar-refractivity contribution is -0.274. The molecule has 0 atom stereocenters. The normalized spacial score (nSPS) is 11.3. The summed E-state index contributed by atoms with van der Waals surface area (Å²) >= 11 is 0.991. The fourth-order valence-corrected chi connectivity index (χ4v) is 3.28. The van der Waals surface area contributed by atoms with Crippen molar-refractivity contribution in [3.8, 4) is 5.75 Å². The Labute approximate surface area is 163 Å². The number of benzene rings is 1. The Morgan fingerprint density at radius 2 is 1.97 bits per heavy atom. The molecule has 0 saturated carbocycles. The van der Waals surface area contributed by atoms with Crippen LogP contribution in [-0.4, -0.2) is 30.5 Å². The van der Waals surface area contributed by atoms with Crippen molar-refractivity contribution in [2.45, 2.75) is 6.36 Å². The second-order valence-corrected chi connectivity index (χ2v) is 6.69. The van der Waals surface area contributed by atoms with E-state index >= 15 is 0 Å². The van der Waals surface area contributed by atoms with Crippen molar-refractivity contribution in [2.24, 2.45) is 0 Å². The van der Waals surface area contributed by atoms with Crippen molar-refractivity contribution < 1.29 is 37.0 Å². The van der Waals surface area contributed by atoms with Gasteiger partial charge in [0.2, 0.25) is 0 Å². The highest BCUT2D eigenvalue weighted by molar-refractivity contribution is 7.22. The average Bonchev–Trinajstić information content (AvgIpc) is 3.01. The van der Waals surface area contributed by atoms with Crippen molar-refractivity contribution in [1.29, 1.82) is 0 Å². The minimum atomic E-state index is -4.87. The number of urea groups is 1. The lowest BCUT2D eigenvalue weighted by atomic mass is 10.3. The molecule has 0 aliphatic heterocycles. The predicted molar refractivity (Wildman–Crippen MR) is 97.9 cm³/mol. The number of carbonyl (C=O) groups excluding carboxylic acids is 1. The molecule has 29 heavy (non-hydrogen) atoms. The van der Waals surface area contributed by atoms with E-state index < -0.39 is 35.3 Å². The summed E-state index contributed by atoms with van der Waals surface area (Å²) < 4.78 is 46.0. The second kappa shape index (κ2) is 7.47. The van der Waals surface area contributed by atoms with Crippen molar-refractivity contribution in [3.05, 3.63) is 52.4 Å². The number of fused-ring (bicyclic) bond motifs is 1. The first kappa shape index (κ1) is 20.2. The van der Waals surface area contributed by atoms with E-state index in [1.165, 1.54) is 25.2 Å². The summed E-state index contributed by atoms with van der Waals surface area (Å²) in [6.45, 7) is 0. The van der Waals surface area contributed by atoms with E-state index in [1.807, 2.05) is 0 Å². The monoisotopic (exact) mass is 428 g/mol. The van der Waals surface area contributed by atoms with Crippen LogP contribution in [0.2, 0.25) is 0 Å². The number of carboxylic acid groups (broad SMARTS) is 1. The third-order valence-electron chi connectivity index (χ3n) is 3.59. The van der Waals surface area contributed by atoms with Gasteiger partial charge in [-0.3, -0.25) is 4.90 Å². The minimum absolute atomic E-state index is 0.0596. The lowest BCUT2D eigenvalue weighted by Gasteiger charge is -2.16. The van der Waals surface area contributed by atoms with Gasteiger partial charge < -0.3 is 19.6 Å². The summed E-state index contributed by atoms with van der Waals surface area (Å²) in [5, 5.41) is 11.7. The van der Waals surface area contributed by atoms with Gasteiger partial charge in [0.05, 0.1) is 4.70 Å². The molecule has 0 spiro atoms. The number of rotatable bonds is 4. The molecule has 2 amide bonds. The molecule has 0 aliphatic rings. The van der Waals surface area contributed by atoms with Crippen molar-refractivity contribution in [3.63, 3.8) is 0 Å². The van der Waals surface area contributed by atoms with Gasteiger partial charge in [-0.1, -0.05) is 6.07 Å². The fourth-order valence-electron chi connectivity index (χ4n) is 2.29. The zero-order chi connectivity index (χ0) is 21.3. The van der Waals surface area contributed by atoms with E-state index in [4.69, 9.17) is 9.52 Å². The number of hydrogen-bond acceptors (Lipinski definition) is 6. The number of carboxylic acids is 1. The van der Waals surface area contributed by atoms with Gasteiger partial charge in [0, 0.05) is 24.9 Å². The lowest BCUT2D eigenvalue weighted by Crippen LogP contribution is -2.30. The first-order valence-corrected chi connectivity index (χ1v) is 8.56. The number of nitrogens with one attached hydrogen (secondary N) is 1. The van der Waals surface area contributed by atoms with Gasteiger partial charge in [-0.15, -0.1) is 24.5 Å². The number of ether oxygens (including phenoxy) is 1. The van der Waals surface area contributed by atoms with Gasteiger partial charge in [-0.2, -0.15) is 0 Å². The first-order chi connectivity index (χ1) is 13.5. The summed E-state index contributed by atoms with van der Waals surface area (Å²) in [5.41, 5.74) is -1.41. The van der Waals surface area contributed by atoms with Gasteiger partial charge in [0.25, 0.3) is 0 Å². The number of alkyl halides is 3. The third-order valence-corrected chi connectivity index (χ3v) is 4.73. The van der Waals surface area contributed by atoms with E-state index in [9.17, 15) is 27.6 Å². The highest BCUT2D eigenvalue weighted by Gasteiger charge is 2.31. The Morgan fingerprint density at radius 1 is 1.24 bits per heavy atom. The maximum absolute atomic E-state index is 12.4. The molecule has 2 aromatic heterocycles. The Balaban J connectivity index is 1.81. The van der Waals surface area contributed by atoms with Gasteiger partial charge in [0.15, 0.2) is 5.58 Å². The highest BCUT2D eigenvalue weighted by Crippen LogP contribution is 2.32. The Morgan fingerprint density at radius 3 is 2.62 bits per heavy atom. The topological polar surface area (TPSA) is 109 Å². The van der Waals surface area contributed by atoms with Crippen LogP contribution in [0.4, 0.5) is 28.7 Å². The van der Waals surface area contributed by atoms with Crippen LogP contribution in [-0.2, 0) is 0 Å². The Kier molecular flexibility index (Phi) is 5.20. The zero-order valence-electron chi connectivity index (χ0n) is 14.4. The van der Waals surface area contributed by atoms with E-state index in [-0.39, 0.29) is 11.3 Å². The van der Waals surface area contributed by atoms with Crippen LogP contribution in [0, 0.1) is 0 Å². The van der Waals surface area contributed by atoms with Crippen LogP contribution in [0.1, 0.15) is 10.4 Å². The van der Waals surface area contributed by atoms with Crippen LogP contribution >= 0.6 is 11.3 Å². The molecule has 0 fully saturated rings. The molecule has 2 heterocycles. The number of halogens is 3. The zero-order valence-corrected chi connectivity index (χ0v) is 15.3. The maximum Gasteiger partial charge on any atom is 0.573 e. The number of nitrogens with zero attached hydrogens (tertiary/aromatic N) is 1. The molecule has 152 valence electrons. The van der Waals surface area contributed by atoms with E-state index in [1.54, 1.807) is 0 Å². The molecule has 12 heteroatoms. The molecular weight excluding hydrogens is 417 g/mol. The number of amides is 2. The first-order valence-electron chi connectivity index (χ1n) is 7.75. The summed E-state index contributed by atoms with van der Waals surface area (Å²) in [7, 11) is 1.38. The maximum atomic E-state index is 12.4. The number of hydrogen-bond donors (Lipinski definition) is 2. The Bertz CT molecular complexity index is 1150. The SMILES string of the molecule is CN(C(=O)Nc1cccc(OC(F)(F)F)c1)c1cc2oc(=O)c(C(=O)O)cc2s1. The summed E-state index contributed by atoms with van der Waals surface area (Å²) in [4.78, 5) is 36.2. The molecule has 3 rings (SSSR count). The molecule has 0 bridgehead atoms. The van der Waals surface area contributed by atoms with Crippen molar-refractivity contribution in [1.82, 2.24) is 0 Å². The van der Waals surface area contributed by atoms with Gasteiger partial charge in [-0.25, -0.2) is 14.4 Å². The average molecular weight is 428 g/mol. The second-order valence-electron chi connectivity index (χ2n) is 5.63. The molecular formula is C17H11F3N2O6S. The number of thiophene rings is 1. The molecule has 0 radical (unpaired) electrons. The van der Waals surface area contributed by atoms with Gasteiger partial charge in [-0.05, 0) is 18.2 Å². The van der Waals surface area contributed by atoms with Crippen LogP contribution in [0.25, 0.3) is 10.3 Å². The van der Waals surface area contributed by atoms with Crippen molar-refractivity contribution in [2.75, 3.05) is 17.3 Å². The number of anilines is 2. The predicted octanol–water partition coefficient (Wildman–Crippen LogP) is 4.12. The van der Waals surface area contributed by atoms with Crippen LogP contribution < -0.4 is 20.6 Å². The molecule has 3 aromatic rings. The molecule has 0 unspecified atom stereocenters. The van der Waals surface area contributed by atoms with Crippen LogP contribution in [0.15, 0.2) is 45.6 Å². The summed E-state index contributed by atoms with van der Waals surface area (Å²) in [5.74, 6) is -1.94. The standard InChI is InChI=1S/C17H11F3N2O6S/c1-22(13-7-11-12(29-13)6-10(14(23)24)15(25)27-11)16(26)21-8-3-2-4-9(5-8)28-17(18,19)20/h2-7H,1H3,(H,21,26)(H,23,24). The Hall–Kier alpha value is -3.54. The molecule has 1 aromatic carbocycles. The third kappa shape index (κ3) is 4.66. The van der Waals surface area contributed by atoms with Crippen LogP contribution in [0.5, 0.6) is 5.75 Å². The highest BCUT2D eigenvalue weighted by atomic mass is 32.1. The molecule has 2 N–H and O–H groups in total. The van der Waals surface area contributed by atoms with Gasteiger partial charge in [0.1, 0.15) is 16.3 Å². The quantitative estimate of drug-likeness (QED) is 0.647. The molecule has 0 saturated heterocycles. The number of carbonyl (C=O) groups is 2. The van der Waals surface area contributed by atoms with E-state index in [2.05, 4.69) is 10.1 Å². The van der Waals surface area contributed by atoms with E-state index in [0.717, 1.165) is 34.4 Å². The summed E-state index contributed by atoms with van der Waals surface area (Å²) in [6, 6.07) is 6.55. The summed E-state index contributed by atoms with van der Waals surface area (Å²) in [6.07, 6.45) is -4.87. The largest absolute Gasteiger partial charge is 0.573 e. The van der Waals surface area contributed by atoms with Crippen molar-refractivity contribution >= 4 is 44.3 Å². The minimum Gasteiger partial charge on any atom is -0.477 e. The molecule has 8 nitrogen and oxygen atoms in total.